The second-order valence-electron chi connectivity index (χ2n) is 0.894. The van der Waals surface area contributed by atoms with Gasteiger partial charge in [-0.25, -0.2) is 0 Å². The Balaban J connectivity index is -0.0000000508. The Labute approximate surface area is 85.4 Å². The van der Waals surface area contributed by atoms with Crippen molar-refractivity contribution in [1.82, 2.24) is 9.97 Å². The molecule has 1 aromatic heterocycles. The van der Waals surface area contributed by atoms with Gasteiger partial charge < -0.3 is 0 Å². The van der Waals surface area contributed by atoms with Crippen LogP contribution in [0.4, 0.5) is 0 Å². The molecule has 0 unspecified atom stereocenters. The van der Waals surface area contributed by atoms with Crippen molar-refractivity contribution in [2.45, 2.75) is 41.5 Å². The number of nitrogens with zero attached hydrogens (tertiary/aromatic N) is 2. The Morgan fingerprint density at radius 2 is 0.692 bits per heavy atom. The van der Waals surface area contributed by atoms with Crippen molar-refractivity contribution in [3.63, 3.8) is 0 Å². The molecule has 0 fully saturated rings. The predicted molar refractivity (Wildman–Crippen MR) is 61.8 cm³/mol. The Morgan fingerprint density at radius 3 is 0.769 bits per heavy atom. The molecule has 0 bridgehead atoms. The summed E-state index contributed by atoms with van der Waals surface area (Å²) in [4.78, 5) is 7.44. The number of hydrogen-bond donors (Lipinski definition) is 0. The van der Waals surface area contributed by atoms with Crippen LogP contribution in [0.15, 0.2) is 24.8 Å². The highest BCUT2D eigenvalue weighted by atomic mass is 14.7. The van der Waals surface area contributed by atoms with Crippen LogP contribution in [0.25, 0.3) is 0 Å². The molecule has 0 aromatic carbocycles. The Morgan fingerprint density at radius 1 is 0.538 bits per heavy atom. The fourth-order valence-electron chi connectivity index (χ4n) is 0.253. The van der Waals surface area contributed by atoms with Crippen molar-refractivity contribution in [1.29, 1.82) is 0 Å². The molecule has 0 N–H and O–H groups in total. The van der Waals surface area contributed by atoms with E-state index in [0.717, 1.165) is 0 Å². The molecule has 75 valence electrons. The van der Waals surface area contributed by atoms with E-state index < -0.39 is 0 Å². The van der Waals surface area contributed by atoms with Crippen LogP contribution in [0, 0.1) is 0 Å². The van der Waals surface area contributed by atoms with E-state index in [1.54, 1.807) is 24.8 Å². The minimum absolute atomic E-state index is 0. The smallest absolute Gasteiger partial charge is 0.0451 e. The van der Waals surface area contributed by atoms with Crippen LogP contribution in [-0.2, 0) is 0 Å². The van der Waals surface area contributed by atoms with E-state index in [-0.39, 0.29) is 8.41 Å². The van der Waals surface area contributed by atoms with Crippen molar-refractivity contribution in [2.75, 3.05) is 0 Å². The van der Waals surface area contributed by atoms with Gasteiger partial charge in [0.25, 0.3) is 0 Å². The summed E-state index contributed by atoms with van der Waals surface area (Å²) in [5.74, 6) is 0. The lowest BCUT2D eigenvalue weighted by molar-refractivity contribution is 1.20. The van der Waals surface area contributed by atoms with Crippen LogP contribution in [0.1, 0.15) is 41.5 Å². The first-order valence-electron chi connectivity index (χ1n) is 4.70. The van der Waals surface area contributed by atoms with E-state index >= 15 is 0 Å². The van der Waals surface area contributed by atoms with Gasteiger partial charge in [-0.15, -0.1) is 0 Å². The van der Waals surface area contributed by atoms with Crippen LogP contribution >= 0.6 is 0 Å². The number of rotatable bonds is 0. The maximum absolute atomic E-state index is 3.72. The molecule has 0 saturated carbocycles. The third kappa shape index (κ3) is 35.2. The van der Waals surface area contributed by atoms with Crippen LogP contribution < -0.4 is 0 Å². The summed E-state index contributed by atoms with van der Waals surface area (Å²) in [7, 11) is 0. The quantitative estimate of drug-likeness (QED) is 0.574. The van der Waals surface area contributed by atoms with Gasteiger partial charge in [0, 0.05) is 33.2 Å². The van der Waals surface area contributed by atoms with Gasteiger partial charge in [0.1, 0.15) is 0 Å². The molecule has 13 heavy (non-hydrogen) atoms. The molecule has 1 aromatic rings. The highest BCUT2D eigenvalue weighted by Gasteiger charge is 1.59. The van der Waals surface area contributed by atoms with Crippen LogP contribution in [-0.4, -0.2) is 18.4 Å². The van der Waals surface area contributed by atoms with Crippen molar-refractivity contribution in [3.05, 3.63) is 24.8 Å². The van der Waals surface area contributed by atoms with Gasteiger partial charge in [-0.3, -0.25) is 9.97 Å². The molecule has 0 aliphatic rings. The average molecular weight is 181 g/mol. The molecule has 0 amide bonds. The molecule has 0 aliphatic heterocycles. The van der Waals surface area contributed by atoms with E-state index in [0.29, 0.717) is 0 Å². The zero-order chi connectivity index (χ0) is 10.2. The maximum Gasteiger partial charge on any atom is 0.0451 e. The largest absolute Gasteiger partial charge is 0.262 e. The van der Waals surface area contributed by atoms with Gasteiger partial charge in [0.15, 0.2) is 0 Å². The fourth-order valence-corrected chi connectivity index (χ4v) is 0.253. The van der Waals surface area contributed by atoms with Crippen LogP contribution in [0.3, 0.4) is 0 Å². The Bertz CT molecular complexity index is 84.8. The van der Waals surface area contributed by atoms with Gasteiger partial charge in [0.2, 0.25) is 0 Å². The van der Waals surface area contributed by atoms with Gasteiger partial charge in [0.05, 0.1) is 0 Å². The second kappa shape index (κ2) is 43.3. The first-order chi connectivity index (χ1) is 6.00. The summed E-state index contributed by atoms with van der Waals surface area (Å²) in [5, 5.41) is 0. The highest BCUT2D eigenvalue weighted by molar-refractivity contribution is 5.75. The van der Waals surface area contributed by atoms with Crippen molar-refractivity contribution in [2.24, 2.45) is 0 Å². The average Bonchev–Trinajstić information content (AvgIpc) is 2.29. The molecule has 3 radical (unpaired) electrons. The molecule has 0 aliphatic carbocycles. The summed E-state index contributed by atoms with van der Waals surface area (Å²) in [5.41, 5.74) is 0. The predicted octanol–water partition coefficient (Wildman–Crippen LogP) is 3.17. The summed E-state index contributed by atoms with van der Waals surface area (Å²) in [6.07, 6.45) is 6.56. The zero-order valence-electron chi connectivity index (χ0n) is 9.78. The van der Waals surface area contributed by atoms with E-state index in [2.05, 4.69) is 9.97 Å². The van der Waals surface area contributed by atoms with Crippen molar-refractivity contribution < 1.29 is 0 Å². The van der Waals surface area contributed by atoms with Crippen molar-refractivity contribution >= 4 is 8.41 Å². The molecule has 3 heteroatoms. The minimum atomic E-state index is 0. The zero-order valence-corrected chi connectivity index (χ0v) is 9.78. The monoisotopic (exact) mass is 181 g/mol. The van der Waals surface area contributed by atoms with E-state index in [9.17, 15) is 0 Å². The minimum Gasteiger partial charge on any atom is -0.262 e. The van der Waals surface area contributed by atoms with E-state index in [4.69, 9.17) is 0 Å². The lowest BCUT2D eigenvalue weighted by Gasteiger charge is -1.70. The normalized spacial score (nSPS) is 5.08. The summed E-state index contributed by atoms with van der Waals surface area (Å²) in [6.45, 7) is 12.0. The van der Waals surface area contributed by atoms with E-state index in [1.807, 2.05) is 41.5 Å². The molecule has 0 atom stereocenters. The first-order valence-corrected chi connectivity index (χ1v) is 4.70. The first kappa shape index (κ1) is 22.7. The van der Waals surface area contributed by atoms with E-state index in [1.165, 1.54) is 0 Å². The SMILES string of the molecule is CC.CC.CC.[B].c1cnccn1. The summed E-state index contributed by atoms with van der Waals surface area (Å²) < 4.78 is 0. The number of hydrogen-bond acceptors (Lipinski definition) is 2. The molecule has 1 heterocycles. The maximum atomic E-state index is 3.72. The van der Waals surface area contributed by atoms with Crippen LogP contribution in [0.2, 0.25) is 0 Å². The molecule has 1 rings (SSSR count). The lowest BCUT2D eigenvalue weighted by atomic mass is 10.8. The molecule has 0 saturated heterocycles. The van der Waals surface area contributed by atoms with Gasteiger partial charge in [-0.1, -0.05) is 41.5 Å². The lowest BCUT2D eigenvalue weighted by Crippen LogP contribution is -1.66. The van der Waals surface area contributed by atoms with Gasteiger partial charge >= 0.3 is 0 Å². The van der Waals surface area contributed by atoms with Gasteiger partial charge in [-0.2, -0.15) is 0 Å². The van der Waals surface area contributed by atoms with Gasteiger partial charge in [-0.05, 0) is 0 Å². The molecule has 2 nitrogen and oxygen atoms in total. The summed E-state index contributed by atoms with van der Waals surface area (Å²) >= 11 is 0. The topological polar surface area (TPSA) is 25.8 Å². The number of aromatic nitrogens is 2. The highest BCUT2D eigenvalue weighted by Crippen LogP contribution is 1.65. The second-order valence-corrected chi connectivity index (χ2v) is 0.894. The summed E-state index contributed by atoms with van der Waals surface area (Å²) in [6, 6.07) is 0. The Kier molecular flexibility index (Phi) is 75.8. The molecule has 0 spiro atoms. The molecular formula is C10H22BN2. The molecular weight excluding hydrogens is 159 g/mol. The third-order valence-electron chi connectivity index (χ3n) is 0.478. The Hall–Kier alpha value is -0.855. The van der Waals surface area contributed by atoms with Crippen molar-refractivity contribution in [3.8, 4) is 0 Å². The third-order valence-corrected chi connectivity index (χ3v) is 0.478. The fraction of sp³-hybridized carbons (Fsp3) is 0.600. The standard InChI is InChI=1S/C4H4N2.3C2H6.B/c1-2-6-4-3-5-1;3*1-2;/h1-4H;3*1-2H3;. The van der Waals surface area contributed by atoms with Crippen LogP contribution in [0.5, 0.6) is 0 Å².